The maximum atomic E-state index is 11.5. The second-order valence-corrected chi connectivity index (χ2v) is 5.88. The Morgan fingerprint density at radius 2 is 2.35 bits per heavy atom. The molecule has 0 aliphatic rings. The average Bonchev–Trinajstić information content (AvgIpc) is 3.04. The van der Waals surface area contributed by atoms with Crippen LogP contribution >= 0.6 is 11.3 Å². The predicted octanol–water partition coefficient (Wildman–Crippen LogP) is 2.91. The molecule has 0 fully saturated rings. The minimum Gasteiger partial charge on any atom is -0.461 e. The number of esters is 1. The van der Waals surface area contributed by atoms with Crippen LogP contribution in [0.3, 0.4) is 0 Å². The van der Waals surface area contributed by atoms with Gasteiger partial charge >= 0.3 is 5.97 Å². The third kappa shape index (κ3) is 5.47. The summed E-state index contributed by atoms with van der Waals surface area (Å²) < 4.78 is 4.91. The molecule has 0 radical (unpaired) electrons. The highest BCUT2D eigenvalue weighted by molar-refractivity contribution is 7.09. The zero-order valence-corrected chi connectivity index (χ0v) is 13.9. The number of carbonyl (C=O) groups is 1. The van der Waals surface area contributed by atoms with Gasteiger partial charge in [-0.25, -0.2) is 9.78 Å². The molecule has 1 heterocycles. The summed E-state index contributed by atoms with van der Waals surface area (Å²) in [5, 5.41) is 14.8. The Hall–Kier alpha value is -2.23. The molecule has 0 saturated carbocycles. The van der Waals surface area contributed by atoms with Gasteiger partial charge in [-0.2, -0.15) is 5.26 Å². The van der Waals surface area contributed by atoms with Crippen LogP contribution in [0.2, 0.25) is 0 Å². The van der Waals surface area contributed by atoms with Crippen LogP contribution in [-0.4, -0.2) is 24.1 Å². The maximum absolute atomic E-state index is 11.5. The largest absolute Gasteiger partial charge is 0.461 e. The van der Waals surface area contributed by atoms with E-state index in [4.69, 9.17) is 10.00 Å². The number of hydrogen-bond acceptors (Lipinski definition) is 6. The summed E-state index contributed by atoms with van der Waals surface area (Å²) in [5.74, 6) is -0.368. The van der Waals surface area contributed by atoms with E-state index in [0.29, 0.717) is 24.4 Å². The van der Waals surface area contributed by atoms with Crippen molar-refractivity contribution in [3.8, 4) is 6.07 Å². The lowest BCUT2D eigenvalue weighted by Crippen LogP contribution is -2.15. The first-order valence-electron chi connectivity index (χ1n) is 7.54. The SMILES string of the molecule is CCOC(=O)c1csc(CNCCCc2cccc(C#N)c2)n1. The first-order chi connectivity index (χ1) is 11.2. The smallest absolute Gasteiger partial charge is 0.357 e. The molecule has 1 N–H and O–H groups in total. The topological polar surface area (TPSA) is 75.0 Å². The summed E-state index contributed by atoms with van der Waals surface area (Å²) in [6.45, 7) is 3.63. The first-order valence-corrected chi connectivity index (χ1v) is 8.42. The molecule has 0 bridgehead atoms. The highest BCUT2D eigenvalue weighted by Crippen LogP contribution is 2.11. The number of carbonyl (C=O) groups excluding carboxylic acids is 1. The highest BCUT2D eigenvalue weighted by atomic mass is 32.1. The summed E-state index contributed by atoms with van der Waals surface area (Å²) in [5.41, 5.74) is 2.25. The van der Waals surface area contributed by atoms with E-state index in [-0.39, 0.29) is 5.97 Å². The number of aromatic nitrogens is 1. The number of ether oxygens (including phenoxy) is 1. The van der Waals surface area contributed by atoms with E-state index < -0.39 is 0 Å². The molecule has 120 valence electrons. The lowest BCUT2D eigenvalue weighted by atomic mass is 10.1. The predicted molar refractivity (Wildman–Crippen MR) is 89.3 cm³/mol. The van der Waals surface area contributed by atoms with Gasteiger partial charge in [0.05, 0.1) is 18.2 Å². The Bertz CT molecular complexity index is 691. The van der Waals surface area contributed by atoms with Crippen LogP contribution < -0.4 is 5.32 Å². The Labute approximate surface area is 139 Å². The van der Waals surface area contributed by atoms with Crippen molar-refractivity contribution < 1.29 is 9.53 Å². The van der Waals surface area contributed by atoms with E-state index in [2.05, 4.69) is 16.4 Å². The quantitative estimate of drug-likeness (QED) is 0.595. The molecule has 0 atom stereocenters. The normalized spacial score (nSPS) is 10.3. The van der Waals surface area contributed by atoms with Crippen molar-refractivity contribution in [2.45, 2.75) is 26.3 Å². The minimum atomic E-state index is -0.368. The molecule has 0 saturated heterocycles. The van der Waals surface area contributed by atoms with Crippen LogP contribution in [0.5, 0.6) is 0 Å². The molecule has 23 heavy (non-hydrogen) atoms. The van der Waals surface area contributed by atoms with Crippen molar-refractivity contribution in [1.29, 1.82) is 5.26 Å². The standard InChI is InChI=1S/C17H19N3O2S/c1-2-22-17(21)15-12-23-16(20-15)11-19-8-4-7-13-5-3-6-14(9-13)10-18/h3,5-6,9,12,19H,2,4,7-8,11H2,1H3. The van der Waals surface area contributed by atoms with Crippen molar-refractivity contribution in [3.05, 3.63) is 51.5 Å². The molecule has 0 spiro atoms. The zero-order valence-electron chi connectivity index (χ0n) is 13.0. The average molecular weight is 329 g/mol. The van der Waals surface area contributed by atoms with Crippen LogP contribution in [0.15, 0.2) is 29.6 Å². The van der Waals surface area contributed by atoms with E-state index in [0.717, 1.165) is 24.4 Å². The molecule has 0 amide bonds. The van der Waals surface area contributed by atoms with Crippen molar-refractivity contribution in [3.63, 3.8) is 0 Å². The summed E-state index contributed by atoms with van der Waals surface area (Å²) in [7, 11) is 0. The minimum absolute atomic E-state index is 0.358. The Balaban J connectivity index is 1.69. The summed E-state index contributed by atoms with van der Waals surface area (Å²) in [4.78, 5) is 15.8. The highest BCUT2D eigenvalue weighted by Gasteiger charge is 2.10. The fourth-order valence-electron chi connectivity index (χ4n) is 2.10. The van der Waals surface area contributed by atoms with E-state index >= 15 is 0 Å². The summed E-state index contributed by atoms with van der Waals surface area (Å²) >= 11 is 1.45. The fourth-order valence-corrected chi connectivity index (χ4v) is 2.83. The van der Waals surface area contributed by atoms with Gasteiger partial charge in [0.25, 0.3) is 0 Å². The van der Waals surface area contributed by atoms with Gasteiger partial charge in [0.2, 0.25) is 0 Å². The van der Waals surface area contributed by atoms with Crippen molar-refractivity contribution >= 4 is 17.3 Å². The second-order valence-electron chi connectivity index (χ2n) is 4.94. The van der Waals surface area contributed by atoms with Gasteiger partial charge < -0.3 is 10.1 Å². The van der Waals surface area contributed by atoms with Crippen LogP contribution in [0.1, 0.15) is 40.0 Å². The molecule has 2 rings (SSSR count). The van der Waals surface area contributed by atoms with E-state index in [9.17, 15) is 4.79 Å². The van der Waals surface area contributed by atoms with Crippen molar-refractivity contribution in [2.75, 3.05) is 13.2 Å². The van der Waals surface area contributed by atoms with Gasteiger partial charge in [-0.05, 0) is 44.0 Å². The van der Waals surface area contributed by atoms with E-state index in [1.807, 2.05) is 24.3 Å². The van der Waals surface area contributed by atoms with Crippen LogP contribution in [-0.2, 0) is 17.7 Å². The van der Waals surface area contributed by atoms with Gasteiger partial charge in [0.1, 0.15) is 5.01 Å². The van der Waals surface area contributed by atoms with Crippen LogP contribution in [0, 0.1) is 11.3 Å². The monoisotopic (exact) mass is 329 g/mol. The molecule has 2 aromatic rings. The fraction of sp³-hybridized carbons (Fsp3) is 0.353. The van der Waals surface area contributed by atoms with Gasteiger partial charge in [-0.3, -0.25) is 0 Å². The molecule has 6 heteroatoms. The molecular weight excluding hydrogens is 310 g/mol. The Morgan fingerprint density at radius 3 is 3.13 bits per heavy atom. The number of nitrogens with zero attached hydrogens (tertiary/aromatic N) is 2. The lowest BCUT2D eigenvalue weighted by Gasteiger charge is -2.03. The third-order valence-electron chi connectivity index (χ3n) is 3.19. The van der Waals surface area contributed by atoms with E-state index in [1.54, 1.807) is 12.3 Å². The second kappa shape index (κ2) is 9.03. The molecule has 0 aliphatic heterocycles. The number of rotatable bonds is 8. The molecule has 0 unspecified atom stereocenters. The van der Waals surface area contributed by atoms with Gasteiger partial charge in [-0.1, -0.05) is 12.1 Å². The molecule has 5 nitrogen and oxygen atoms in total. The first kappa shape index (κ1) is 17.1. The van der Waals surface area contributed by atoms with Crippen molar-refractivity contribution in [1.82, 2.24) is 10.3 Å². The number of thiazole rings is 1. The molecule has 1 aromatic heterocycles. The van der Waals surface area contributed by atoms with E-state index in [1.165, 1.54) is 16.9 Å². The van der Waals surface area contributed by atoms with Gasteiger partial charge in [-0.15, -0.1) is 11.3 Å². The number of nitriles is 1. The number of benzene rings is 1. The lowest BCUT2D eigenvalue weighted by molar-refractivity contribution is 0.0520. The third-order valence-corrected chi connectivity index (χ3v) is 4.04. The van der Waals surface area contributed by atoms with Crippen LogP contribution in [0.4, 0.5) is 0 Å². The van der Waals surface area contributed by atoms with Gasteiger partial charge in [0, 0.05) is 11.9 Å². The number of aryl methyl sites for hydroxylation is 1. The Morgan fingerprint density at radius 1 is 1.48 bits per heavy atom. The zero-order chi connectivity index (χ0) is 16.5. The van der Waals surface area contributed by atoms with Crippen molar-refractivity contribution in [2.24, 2.45) is 0 Å². The number of hydrogen-bond donors (Lipinski definition) is 1. The Kier molecular flexibility index (Phi) is 6.73. The summed E-state index contributed by atoms with van der Waals surface area (Å²) in [6.07, 6.45) is 1.90. The van der Waals surface area contributed by atoms with Crippen LogP contribution in [0.25, 0.3) is 0 Å². The number of nitrogens with one attached hydrogen (secondary N) is 1. The van der Waals surface area contributed by atoms with Gasteiger partial charge in [0.15, 0.2) is 5.69 Å². The molecule has 1 aromatic carbocycles. The molecular formula is C17H19N3O2S. The summed E-state index contributed by atoms with van der Waals surface area (Å²) in [6, 6.07) is 9.83. The molecule has 0 aliphatic carbocycles. The maximum Gasteiger partial charge on any atom is 0.357 e.